The first-order valence-electron chi connectivity index (χ1n) is 8.10. The number of allylic oxidation sites excluding steroid dienone is 2. The lowest BCUT2D eigenvalue weighted by Crippen LogP contribution is -2.04. The second kappa shape index (κ2) is 6.60. The third kappa shape index (κ3) is 3.15. The highest BCUT2D eigenvalue weighted by Crippen LogP contribution is 2.40. The number of phenols is 4. The van der Waals surface area contributed by atoms with Gasteiger partial charge in [0.2, 0.25) is 11.2 Å². The van der Waals surface area contributed by atoms with Gasteiger partial charge < -0.3 is 29.9 Å². The van der Waals surface area contributed by atoms with E-state index < -0.39 is 22.7 Å². The highest BCUT2D eigenvalue weighted by molar-refractivity contribution is 5.90. The molecule has 3 rings (SSSR count). The SMILES string of the molecule is CC(C)=CCc1c(O)cc2oc(-c3ccc(O)c(O)c3)c(O)c(=O)c2c1O. The molecule has 140 valence electrons. The minimum Gasteiger partial charge on any atom is -0.507 e. The van der Waals surface area contributed by atoms with Crippen molar-refractivity contribution in [2.24, 2.45) is 0 Å². The second-order valence-electron chi connectivity index (χ2n) is 6.39. The molecule has 7 heteroatoms. The van der Waals surface area contributed by atoms with E-state index in [1.165, 1.54) is 18.2 Å². The Morgan fingerprint density at radius 3 is 2.30 bits per heavy atom. The molecule has 1 aromatic heterocycles. The third-order valence-electron chi connectivity index (χ3n) is 4.17. The van der Waals surface area contributed by atoms with E-state index in [1.54, 1.807) is 6.08 Å². The maximum atomic E-state index is 12.6. The highest BCUT2D eigenvalue weighted by Gasteiger charge is 2.22. The Hall–Kier alpha value is -3.61. The smallest absolute Gasteiger partial charge is 0.238 e. The zero-order valence-electron chi connectivity index (χ0n) is 14.6. The molecule has 27 heavy (non-hydrogen) atoms. The van der Waals surface area contributed by atoms with Crippen molar-refractivity contribution in [1.29, 1.82) is 0 Å². The van der Waals surface area contributed by atoms with Crippen molar-refractivity contribution < 1.29 is 29.9 Å². The summed E-state index contributed by atoms with van der Waals surface area (Å²) in [5.41, 5.74) is 0.233. The van der Waals surface area contributed by atoms with Gasteiger partial charge in [-0.1, -0.05) is 11.6 Å². The summed E-state index contributed by atoms with van der Waals surface area (Å²) in [4.78, 5) is 12.6. The van der Waals surface area contributed by atoms with Gasteiger partial charge in [-0.3, -0.25) is 4.79 Å². The average molecular weight is 370 g/mol. The molecule has 2 aromatic carbocycles. The number of benzene rings is 2. The van der Waals surface area contributed by atoms with Crippen LogP contribution >= 0.6 is 0 Å². The summed E-state index contributed by atoms with van der Waals surface area (Å²) in [6, 6.07) is 4.81. The molecule has 0 fully saturated rings. The molecule has 0 amide bonds. The molecule has 0 radical (unpaired) electrons. The molecule has 0 unspecified atom stereocenters. The monoisotopic (exact) mass is 370 g/mol. The molecule has 5 N–H and O–H groups in total. The van der Waals surface area contributed by atoms with Gasteiger partial charge in [0.15, 0.2) is 17.3 Å². The van der Waals surface area contributed by atoms with Crippen molar-refractivity contribution in [2.45, 2.75) is 20.3 Å². The molecule has 0 aliphatic carbocycles. The minimum absolute atomic E-state index is 0.128. The topological polar surface area (TPSA) is 131 Å². The predicted molar refractivity (Wildman–Crippen MR) is 99.4 cm³/mol. The number of hydrogen-bond donors (Lipinski definition) is 5. The first-order chi connectivity index (χ1) is 12.7. The maximum Gasteiger partial charge on any atom is 0.238 e. The fourth-order valence-corrected chi connectivity index (χ4v) is 2.72. The van der Waals surface area contributed by atoms with Crippen LogP contribution in [-0.2, 0) is 6.42 Å². The summed E-state index contributed by atoms with van der Waals surface area (Å²) in [6.07, 6.45) is 1.97. The Morgan fingerprint density at radius 1 is 0.963 bits per heavy atom. The number of phenolic OH excluding ortho intramolecular Hbond substituents is 4. The first-order valence-corrected chi connectivity index (χ1v) is 8.10. The van der Waals surface area contributed by atoms with E-state index in [9.17, 15) is 30.3 Å². The van der Waals surface area contributed by atoms with E-state index >= 15 is 0 Å². The Kier molecular flexibility index (Phi) is 4.45. The Labute approximate surface area is 153 Å². The van der Waals surface area contributed by atoms with E-state index in [0.717, 1.165) is 11.6 Å². The highest BCUT2D eigenvalue weighted by atomic mass is 16.4. The van der Waals surface area contributed by atoms with Gasteiger partial charge in [-0.05, 0) is 38.5 Å². The van der Waals surface area contributed by atoms with Crippen molar-refractivity contribution in [2.75, 3.05) is 0 Å². The van der Waals surface area contributed by atoms with Crippen LogP contribution in [0.4, 0.5) is 0 Å². The number of rotatable bonds is 3. The molecule has 7 nitrogen and oxygen atoms in total. The lowest BCUT2D eigenvalue weighted by Gasteiger charge is -2.11. The number of fused-ring (bicyclic) bond motifs is 1. The van der Waals surface area contributed by atoms with Crippen LogP contribution in [0.3, 0.4) is 0 Å². The summed E-state index contributed by atoms with van der Waals surface area (Å²) in [5, 5.41) is 49.7. The summed E-state index contributed by atoms with van der Waals surface area (Å²) in [6.45, 7) is 3.71. The predicted octanol–water partition coefficient (Wildman–Crippen LogP) is 3.50. The standard InChI is InChI=1S/C20H18O7/c1-9(2)3-5-11-13(22)8-15-16(17(11)24)18(25)19(26)20(27-15)10-4-6-12(21)14(23)7-10/h3-4,6-8,21-24,26H,5H2,1-2H3. The molecule has 1 heterocycles. The molecule has 0 aliphatic rings. The lowest BCUT2D eigenvalue weighted by atomic mass is 10.0. The molecule has 0 saturated heterocycles. The molecule has 0 aliphatic heterocycles. The normalized spacial score (nSPS) is 10.9. The van der Waals surface area contributed by atoms with Crippen molar-refractivity contribution in [3.05, 3.63) is 51.7 Å². The average Bonchev–Trinajstić information content (AvgIpc) is 2.59. The van der Waals surface area contributed by atoms with Gasteiger partial charge in [0.1, 0.15) is 22.5 Å². The van der Waals surface area contributed by atoms with Gasteiger partial charge in [-0.15, -0.1) is 0 Å². The van der Waals surface area contributed by atoms with Crippen LogP contribution in [0.25, 0.3) is 22.3 Å². The number of hydrogen-bond acceptors (Lipinski definition) is 7. The Balaban J connectivity index is 2.29. The minimum atomic E-state index is -0.880. The van der Waals surface area contributed by atoms with E-state index in [0.29, 0.717) is 0 Å². The summed E-state index contributed by atoms with van der Waals surface area (Å²) in [7, 11) is 0. The van der Waals surface area contributed by atoms with Gasteiger partial charge in [0, 0.05) is 17.2 Å². The van der Waals surface area contributed by atoms with Gasteiger partial charge in [-0.2, -0.15) is 0 Å². The first kappa shape index (κ1) is 18.2. The van der Waals surface area contributed by atoms with Crippen molar-refractivity contribution in [1.82, 2.24) is 0 Å². The van der Waals surface area contributed by atoms with Crippen LogP contribution in [0.2, 0.25) is 0 Å². The quantitative estimate of drug-likeness (QED) is 0.352. The van der Waals surface area contributed by atoms with E-state index in [1.807, 2.05) is 13.8 Å². The van der Waals surface area contributed by atoms with Crippen LogP contribution in [0.5, 0.6) is 28.7 Å². The number of aromatic hydroxyl groups is 5. The van der Waals surface area contributed by atoms with Gasteiger partial charge in [-0.25, -0.2) is 0 Å². The van der Waals surface area contributed by atoms with Gasteiger partial charge in [0.25, 0.3) is 0 Å². The lowest BCUT2D eigenvalue weighted by molar-refractivity contribution is 0.403. The summed E-state index contributed by atoms with van der Waals surface area (Å²) < 4.78 is 5.52. The summed E-state index contributed by atoms with van der Waals surface area (Å²) in [5.74, 6) is -2.59. The van der Waals surface area contributed by atoms with E-state index in [2.05, 4.69) is 0 Å². The summed E-state index contributed by atoms with van der Waals surface area (Å²) >= 11 is 0. The van der Waals surface area contributed by atoms with E-state index in [4.69, 9.17) is 4.42 Å². The van der Waals surface area contributed by atoms with Crippen molar-refractivity contribution in [3.8, 4) is 40.1 Å². The largest absolute Gasteiger partial charge is 0.507 e. The van der Waals surface area contributed by atoms with Crippen LogP contribution < -0.4 is 5.43 Å². The van der Waals surface area contributed by atoms with Crippen molar-refractivity contribution in [3.63, 3.8) is 0 Å². The maximum absolute atomic E-state index is 12.6. The van der Waals surface area contributed by atoms with Crippen molar-refractivity contribution >= 4 is 11.0 Å². The molecule has 0 saturated carbocycles. The molecule has 0 bridgehead atoms. The fourth-order valence-electron chi connectivity index (χ4n) is 2.72. The molecule has 3 aromatic rings. The zero-order valence-corrected chi connectivity index (χ0v) is 14.6. The Morgan fingerprint density at radius 2 is 1.67 bits per heavy atom. The third-order valence-corrected chi connectivity index (χ3v) is 4.17. The molecular formula is C20H18O7. The molecular weight excluding hydrogens is 352 g/mol. The van der Waals surface area contributed by atoms with Crippen LogP contribution in [0.15, 0.2) is 45.1 Å². The van der Waals surface area contributed by atoms with Crippen LogP contribution in [0, 0.1) is 0 Å². The fraction of sp³-hybridized carbons (Fsp3) is 0.150. The Bertz CT molecular complexity index is 1140. The van der Waals surface area contributed by atoms with E-state index in [-0.39, 0.29) is 45.8 Å². The van der Waals surface area contributed by atoms with Gasteiger partial charge in [0.05, 0.1) is 0 Å². The molecule has 0 spiro atoms. The second-order valence-corrected chi connectivity index (χ2v) is 6.39. The van der Waals surface area contributed by atoms with Gasteiger partial charge >= 0.3 is 0 Å². The zero-order chi connectivity index (χ0) is 19.9. The molecule has 0 atom stereocenters. The van der Waals surface area contributed by atoms with Crippen LogP contribution in [0.1, 0.15) is 19.4 Å². The van der Waals surface area contributed by atoms with Crippen LogP contribution in [-0.4, -0.2) is 25.5 Å².